The lowest BCUT2D eigenvalue weighted by Crippen LogP contribution is -1.78. The Bertz CT molecular complexity index is 183. The zero-order valence-electron chi connectivity index (χ0n) is 4.83. The van der Waals surface area contributed by atoms with E-state index in [0.29, 0.717) is 17.4 Å². The molecule has 45 valence electrons. The van der Waals surface area contributed by atoms with E-state index >= 15 is 0 Å². The Hall–Kier alpha value is -0.760. The molecular weight excluding hydrogens is 132 g/mol. The molecule has 1 nitrogen and oxygen atoms in total. The summed E-state index contributed by atoms with van der Waals surface area (Å²) < 4.78 is 10.00. The molecule has 0 N–H and O–H groups in total. The minimum Gasteiger partial charge on any atom is -0.0618 e. The molecule has 1 radical (unpaired) electrons. The first kappa shape index (κ1) is 6.36. The van der Waals surface area contributed by atoms with Crippen LogP contribution in [0.1, 0.15) is 5.56 Å². The minimum absolute atomic E-state index is 0.515. The largest absolute Gasteiger partial charge is 0.463 e. The highest BCUT2D eigenvalue weighted by Crippen LogP contribution is 1.96. The molecule has 0 saturated heterocycles. The second-order valence-electron chi connectivity index (χ2n) is 1.65. The standard InChI is InChI=1S/C7H6OS/c8-9-6-7-4-2-1-3-5-7/h1-4H,6H2/q+1. The van der Waals surface area contributed by atoms with Gasteiger partial charge in [-0.3, -0.25) is 0 Å². The molecule has 0 heterocycles. The molecular formula is C7H6OS+. The van der Waals surface area contributed by atoms with E-state index in [4.69, 9.17) is 0 Å². The van der Waals surface area contributed by atoms with Crippen LogP contribution in [0.2, 0.25) is 0 Å². The summed E-state index contributed by atoms with van der Waals surface area (Å²) in [6.45, 7) is 0. The van der Waals surface area contributed by atoms with Gasteiger partial charge in [-0.15, -0.1) is 0 Å². The quantitative estimate of drug-likeness (QED) is 0.565. The summed E-state index contributed by atoms with van der Waals surface area (Å²) in [6.07, 6.45) is 0. The van der Waals surface area contributed by atoms with Crippen LogP contribution < -0.4 is 0 Å². The smallest absolute Gasteiger partial charge is 0.0618 e. The van der Waals surface area contributed by atoms with Crippen molar-refractivity contribution in [1.82, 2.24) is 0 Å². The molecule has 0 aliphatic rings. The lowest BCUT2D eigenvalue weighted by molar-refractivity contribution is 0.604. The van der Waals surface area contributed by atoms with Crippen LogP contribution in [0.3, 0.4) is 0 Å². The van der Waals surface area contributed by atoms with E-state index in [2.05, 4.69) is 6.07 Å². The first-order valence-electron chi connectivity index (χ1n) is 2.64. The molecule has 0 aliphatic carbocycles. The summed E-state index contributed by atoms with van der Waals surface area (Å²) in [5.74, 6) is 0.515. The van der Waals surface area contributed by atoms with Gasteiger partial charge in [0.15, 0.2) is 0 Å². The molecule has 2 heteroatoms. The Morgan fingerprint density at radius 3 is 3.00 bits per heavy atom. The van der Waals surface area contributed by atoms with Crippen molar-refractivity contribution in [2.24, 2.45) is 0 Å². The number of hydrogen-bond acceptors (Lipinski definition) is 1. The van der Waals surface area contributed by atoms with Crippen LogP contribution in [0.25, 0.3) is 0 Å². The molecule has 0 atom stereocenters. The Labute approximate surface area is 58.2 Å². The van der Waals surface area contributed by atoms with Gasteiger partial charge in [0.1, 0.15) is 0 Å². The van der Waals surface area contributed by atoms with Crippen LogP contribution in [0.15, 0.2) is 24.3 Å². The van der Waals surface area contributed by atoms with Gasteiger partial charge in [0.2, 0.25) is 0 Å². The van der Waals surface area contributed by atoms with Crippen molar-refractivity contribution in [3.63, 3.8) is 0 Å². The van der Waals surface area contributed by atoms with Crippen molar-refractivity contribution in [2.45, 2.75) is 5.75 Å². The lowest BCUT2D eigenvalue weighted by atomic mass is 10.2. The molecule has 0 spiro atoms. The van der Waals surface area contributed by atoms with Crippen molar-refractivity contribution >= 4 is 11.7 Å². The molecule has 1 rings (SSSR count). The summed E-state index contributed by atoms with van der Waals surface area (Å²) in [5, 5.41) is 0. The fourth-order valence-electron chi connectivity index (χ4n) is 0.584. The van der Waals surface area contributed by atoms with Crippen LogP contribution >= 0.6 is 0 Å². The molecule has 0 saturated carbocycles. The molecule has 9 heavy (non-hydrogen) atoms. The van der Waals surface area contributed by atoms with E-state index in [9.17, 15) is 4.21 Å². The topological polar surface area (TPSA) is 17.1 Å². The van der Waals surface area contributed by atoms with Gasteiger partial charge < -0.3 is 0 Å². The summed E-state index contributed by atoms with van der Waals surface area (Å²) in [4.78, 5) is 0. The van der Waals surface area contributed by atoms with Crippen molar-refractivity contribution < 1.29 is 4.21 Å². The number of hydrogen-bond donors (Lipinski definition) is 0. The Morgan fingerprint density at radius 1 is 1.56 bits per heavy atom. The fraction of sp³-hybridized carbons (Fsp3) is 0.143. The summed E-state index contributed by atoms with van der Waals surface area (Å²) in [7, 11) is 0. The van der Waals surface area contributed by atoms with Crippen LogP contribution in [-0.2, 0) is 21.6 Å². The van der Waals surface area contributed by atoms with Gasteiger partial charge in [-0.05, 0) is 6.07 Å². The zero-order valence-corrected chi connectivity index (χ0v) is 5.65. The average molecular weight is 138 g/mol. The third-order valence-electron chi connectivity index (χ3n) is 0.988. The van der Waals surface area contributed by atoms with E-state index in [0.717, 1.165) is 5.56 Å². The van der Waals surface area contributed by atoms with Gasteiger partial charge in [-0.25, -0.2) is 0 Å². The predicted molar refractivity (Wildman–Crippen MR) is 37.0 cm³/mol. The molecule has 0 fully saturated rings. The Morgan fingerprint density at radius 2 is 2.44 bits per heavy atom. The fourth-order valence-corrected chi connectivity index (χ4v) is 0.890. The van der Waals surface area contributed by atoms with Crippen LogP contribution in [0.4, 0.5) is 0 Å². The van der Waals surface area contributed by atoms with Crippen LogP contribution in [-0.4, -0.2) is 0 Å². The first-order valence-corrected chi connectivity index (χ1v) is 3.55. The van der Waals surface area contributed by atoms with Crippen molar-refractivity contribution in [3.8, 4) is 0 Å². The van der Waals surface area contributed by atoms with Gasteiger partial charge in [-0.1, -0.05) is 24.3 Å². The Kier molecular flexibility index (Phi) is 2.33. The average Bonchev–Trinajstić information content (AvgIpc) is 1.91. The second kappa shape index (κ2) is 3.30. The highest BCUT2D eigenvalue weighted by atomic mass is 32.1. The van der Waals surface area contributed by atoms with Gasteiger partial charge in [0.25, 0.3) is 5.75 Å². The maximum absolute atomic E-state index is 10.00. The molecule has 0 aromatic heterocycles. The van der Waals surface area contributed by atoms with Crippen molar-refractivity contribution in [3.05, 3.63) is 35.9 Å². The van der Waals surface area contributed by atoms with Crippen LogP contribution in [0, 0.1) is 6.07 Å². The van der Waals surface area contributed by atoms with E-state index in [1.807, 2.05) is 24.3 Å². The maximum Gasteiger partial charge on any atom is 0.463 e. The SMILES string of the molecule is O=[S+]Cc1[c]cccc1. The lowest BCUT2D eigenvalue weighted by Gasteiger charge is -1.81. The maximum atomic E-state index is 10.00. The predicted octanol–water partition coefficient (Wildman–Crippen LogP) is 1.41. The molecule has 1 aromatic carbocycles. The molecule has 0 unspecified atom stereocenters. The van der Waals surface area contributed by atoms with Gasteiger partial charge in [0.05, 0.1) is 0 Å². The molecule has 0 aliphatic heterocycles. The van der Waals surface area contributed by atoms with Gasteiger partial charge in [0, 0.05) is 9.77 Å². The third-order valence-corrected chi connectivity index (χ3v) is 1.42. The highest BCUT2D eigenvalue weighted by Gasteiger charge is 1.98. The summed E-state index contributed by atoms with van der Waals surface area (Å²) in [5.41, 5.74) is 0.970. The van der Waals surface area contributed by atoms with Gasteiger partial charge >= 0.3 is 11.7 Å². The molecule has 0 bridgehead atoms. The number of rotatable bonds is 2. The van der Waals surface area contributed by atoms with Crippen molar-refractivity contribution in [2.75, 3.05) is 0 Å². The normalized spacial score (nSPS) is 8.89. The zero-order chi connectivity index (χ0) is 6.53. The third kappa shape index (κ3) is 1.90. The van der Waals surface area contributed by atoms with Gasteiger partial charge in [-0.2, -0.15) is 0 Å². The van der Waals surface area contributed by atoms with Crippen molar-refractivity contribution in [1.29, 1.82) is 0 Å². The highest BCUT2D eigenvalue weighted by molar-refractivity contribution is 7.64. The monoisotopic (exact) mass is 138 g/mol. The molecule has 1 aromatic rings. The van der Waals surface area contributed by atoms with E-state index in [-0.39, 0.29) is 0 Å². The van der Waals surface area contributed by atoms with E-state index in [1.54, 1.807) is 0 Å². The van der Waals surface area contributed by atoms with Crippen LogP contribution in [0.5, 0.6) is 0 Å². The number of benzene rings is 1. The summed E-state index contributed by atoms with van der Waals surface area (Å²) in [6, 6.07) is 10.4. The van der Waals surface area contributed by atoms with E-state index < -0.39 is 0 Å². The summed E-state index contributed by atoms with van der Waals surface area (Å²) >= 11 is 0.573. The van der Waals surface area contributed by atoms with E-state index in [1.165, 1.54) is 0 Å². The minimum atomic E-state index is 0.515. The first-order chi connectivity index (χ1) is 4.43. The second-order valence-corrected chi connectivity index (χ2v) is 2.17. The Balaban J connectivity index is 2.72. The molecule has 0 amide bonds.